The highest BCUT2D eigenvalue weighted by Crippen LogP contribution is 2.34. The molecular weight excluding hydrogens is 294 g/mol. The molecule has 0 fully saturated rings. The number of nitro groups is 1. The van der Waals surface area contributed by atoms with Crippen LogP contribution in [0.5, 0.6) is 11.5 Å². The van der Waals surface area contributed by atoms with E-state index in [4.69, 9.17) is 16.3 Å². The van der Waals surface area contributed by atoms with Crippen LogP contribution in [0.3, 0.4) is 0 Å². The number of nitro benzene ring substituents is 1. The fourth-order valence-corrected chi connectivity index (χ4v) is 1.95. The Balaban J connectivity index is 2.39. The topological polar surface area (TPSA) is 72.6 Å². The lowest BCUT2D eigenvalue weighted by atomic mass is 10.1. The zero-order valence-corrected chi connectivity index (χ0v) is 12.3. The number of hydrogen-bond acceptors (Lipinski definition) is 4. The molecule has 0 heterocycles. The van der Waals surface area contributed by atoms with Crippen LogP contribution in [0.4, 0.5) is 5.69 Å². The molecule has 0 aliphatic carbocycles. The van der Waals surface area contributed by atoms with Crippen molar-refractivity contribution in [1.29, 1.82) is 0 Å². The minimum atomic E-state index is -0.782. The van der Waals surface area contributed by atoms with E-state index >= 15 is 0 Å². The second-order valence-corrected chi connectivity index (χ2v) is 5.08. The maximum Gasteiger partial charge on any atom is 0.311 e. The van der Waals surface area contributed by atoms with E-state index < -0.39 is 11.0 Å². The van der Waals surface area contributed by atoms with E-state index in [9.17, 15) is 15.2 Å². The highest BCUT2D eigenvalue weighted by Gasteiger charge is 2.18. The number of ether oxygens (including phenoxy) is 1. The molecule has 1 atom stereocenters. The van der Waals surface area contributed by atoms with Gasteiger partial charge in [0.05, 0.1) is 11.0 Å². The Hall–Kier alpha value is -2.11. The van der Waals surface area contributed by atoms with Crippen molar-refractivity contribution in [2.24, 2.45) is 0 Å². The maximum atomic E-state index is 11.1. The minimum absolute atomic E-state index is 0.117. The summed E-state index contributed by atoms with van der Waals surface area (Å²) in [5, 5.41) is 21.2. The third kappa shape index (κ3) is 3.51. The number of aliphatic hydroxyl groups is 1. The lowest BCUT2D eigenvalue weighted by molar-refractivity contribution is -0.385. The molecule has 1 unspecified atom stereocenters. The summed E-state index contributed by atoms with van der Waals surface area (Å²) in [5.74, 6) is 0.580. The molecule has 2 aromatic rings. The Morgan fingerprint density at radius 1 is 1.29 bits per heavy atom. The SMILES string of the molecule is Cc1cc(Oc2ccc(C(C)O)cc2[N+](=O)[O-])ccc1Cl. The second kappa shape index (κ2) is 6.11. The first-order valence-electron chi connectivity index (χ1n) is 6.29. The Kier molecular flexibility index (Phi) is 4.45. The van der Waals surface area contributed by atoms with Gasteiger partial charge in [0.2, 0.25) is 5.75 Å². The van der Waals surface area contributed by atoms with Crippen LogP contribution < -0.4 is 4.74 Å². The van der Waals surface area contributed by atoms with Crippen molar-refractivity contribution in [2.75, 3.05) is 0 Å². The molecule has 5 nitrogen and oxygen atoms in total. The average molecular weight is 308 g/mol. The van der Waals surface area contributed by atoms with Crippen molar-refractivity contribution < 1.29 is 14.8 Å². The van der Waals surface area contributed by atoms with Crippen LogP contribution in [0.2, 0.25) is 5.02 Å². The first-order chi connectivity index (χ1) is 9.88. The smallest absolute Gasteiger partial charge is 0.311 e. The van der Waals surface area contributed by atoms with E-state index in [1.807, 2.05) is 6.92 Å². The largest absolute Gasteiger partial charge is 0.450 e. The summed E-state index contributed by atoms with van der Waals surface area (Å²) in [6, 6.07) is 9.39. The van der Waals surface area contributed by atoms with Gasteiger partial charge in [0.1, 0.15) is 5.75 Å². The van der Waals surface area contributed by atoms with E-state index in [0.717, 1.165) is 5.56 Å². The van der Waals surface area contributed by atoms with E-state index in [0.29, 0.717) is 16.3 Å². The van der Waals surface area contributed by atoms with E-state index in [2.05, 4.69) is 0 Å². The summed E-state index contributed by atoms with van der Waals surface area (Å²) >= 11 is 5.93. The number of nitrogens with zero attached hydrogens (tertiary/aromatic N) is 1. The number of benzene rings is 2. The number of halogens is 1. The van der Waals surface area contributed by atoms with Crippen molar-refractivity contribution in [3.05, 3.63) is 62.7 Å². The summed E-state index contributed by atoms with van der Waals surface area (Å²) in [6.07, 6.45) is -0.782. The molecule has 0 spiro atoms. The zero-order chi connectivity index (χ0) is 15.6. The van der Waals surface area contributed by atoms with Crippen molar-refractivity contribution in [3.8, 4) is 11.5 Å². The van der Waals surface area contributed by atoms with Gasteiger partial charge in [-0.2, -0.15) is 0 Å². The van der Waals surface area contributed by atoms with Gasteiger partial charge in [0, 0.05) is 11.1 Å². The molecule has 2 rings (SSSR count). The van der Waals surface area contributed by atoms with Gasteiger partial charge in [-0.1, -0.05) is 17.7 Å². The van der Waals surface area contributed by atoms with Crippen molar-refractivity contribution in [2.45, 2.75) is 20.0 Å². The molecule has 0 radical (unpaired) electrons. The second-order valence-electron chi connectivity index (χ2n) is 4.67. The molecule has 2 aromatic carbocycles. The minimum Gasteiger partial charge on any atom is -0.450 e. The van der Waals surface area contributed by atoms with E-state index in [1.165, 1.54) is 12.1 Å². The normalized spacial score (nSPS) is 12.0. The maximum absolute atomic E-state index is 11.1. The lowest BCUT2D eigenvalue weighted by Crippen LogP contribution is -1.97. The van der Waals surface area contributed by atoms with E-state index in [-0.39, 0.29) is 11.4 Å². The lowest BCUT2D eigenvalue weighted by Gasteiger charge is -2.10. The first kappa shape index (κ1) is 15.3. The van der Waals surface area contributed by atoms with Crippen LogP contribution in [-0.4, -0.2) is 10.0 Å². The summed E-state index contributed by atoms with van der Waals surface area (Å²) in [6.45, 7) is 3.36. The fraction of sp³-hybridized carbons (Fsp3) is 0.200. The summed E-state index contributed by atoms with van der Waals surface area (Å²) in [7, 11) is 0. The summed E-state index contributed by atoms with van der Waals surface area (Å²) < 4.78 is 5.56. The third-order valence-electron chi connectivity index (χ3n) is 3.02. The van der Waals surface area contributed by atoms with Crippen LogP contribution in [0.15, 0.2) is 36.4 Å². The van der Waals surface area contributed by atoms with Gasteiger partial charge in [0.15, 0.2) is 0 Å². The van der Waals surface area contributed by atoms with Crippen LogP contribution in [-0.2, 0) is 0 Å². The van der Waals surface area contributed by atoms with Gasteiger partial charge in [0.25, 0.3) is 0 Å². The number of aliphatic hydroxyl groups excluding tert-OH is 1. The Morgan fingerprint density at radius 3 is 2.57 bits per heavy atom. The van der Waals surface area contributed by atoms with E-state index in [1.54, 1.807) is 31.2 Å². The van der Waals surface area contributed by atoms with Gasteiger partial charge < -0.3 is 9.84 Å². The molecule has 1 N–H and O–H groups in total. The molecule has 21 heavy (non-hydrogen) atoms. The Bertz CT molecular complexity index is 685. The zero-order valence-electron chi connectivity index (χ0n) is 11.5. The number of aryl methyl sites for hydroxylation is 1. The standard InChI is InChI=1S/C15H14ClNO4/c1-9-7-12(4-5-13(9)16)21-15-6-3-11(10(2)18)8-14(15)17(19)20/h3-8,10,18H,1-2H3. The molecule has 0 bridgehead atoms. The first-order valence-corrected chi connectivity index (χ1v) is 6.66. The molecule has 0 aromatic heterocycles. The van der Waals surface area contributed by atoms with Crippen LogP contribution in [0, 0.1) is 17.0 Å². The molecule has 0 aliphatic heterocycles. The molecule has 0 amide bonds. The quantitative estimate of drug-likeness (QED) is 0.671. The number of hydrogen-bond donors (Lipinski definition) is 1. The Morgan fingerprint density at radius 2 is 2.00 bits per heavy atom. The highest BCUT2D eigenvalue weighted by molar-refractivity contribution is 6.31. The van der Waals surface area contributed by atoms with Gasteiger partial charge >= 0.3 is 5.69 Å². The molecule has 0 saturated carbocycles. The molecular formula is C15H14ClNO4. The van der Waals surface area contributed by atoms with Gasteiger partial charge in [-0.05, 0) is 49.2 Å². The summed E-state index contributed by atoms with van der Waals surface area (Å²) in [5.41, 5.74) is 1.08. The van der Waals surface area contributed by atoms with Crippen molar-refractivity contribution in [1.82, 2.24) is 0 Å². The average Bonchev–Trinajstić information content (AvgIpc) is 2.43. The van der Waals surface area contributed by atoms with Crippen LogP contribution in [0.1, 0.15) is 24.2 Å². The predicted octanol–water partition coefficient (Wildman–Crippen LogP) is 4.40. The highest BCUT2D eigenvalue weighted by atomic mass is 35.5. The van der Waals surface area contributed by atoms with Crippen LogP contribution in [0.25, 0.3) is 0 Å². The van der Waals surface area contributed by atoms with Gasteiger partial charge in [-0.3, -0.25) is 10.1 Å². The number of rotatable bonds is 4. The monoisotopic (exact) mass is 307 g/mol. The predicted molar refractivity (Wildman–Crippen MR) is 80.0 cm³/mol. The van der Waals surface area contributed by atoms with Crippen molar-refractivity contribution >= 4 is 17.3 Å². The molecule has 110 valence electrons. The molecule has 0 aliphatic rings. The van der Waals surface area contributed by atoms with Crippen molar-refractivity contribution in [3.63, 3.8) is 0 Å². The third-order valence-corrected chi connectivity index (χ3v) is 3.44. The fourth-order valence-electron chi connectivity index (χ4n) is 1.83. The molecule has 6 heteroatoms. The summed E-state index contributed by atoms with van der Waals surface area (Å²) in [4.78, 5) is 10.6. The Labute approximate surface area is 126 Å². The van der Waals surface area contributed by atoms with Gasteiger partial charge in [-0.25, -0.2) is 0 Å². The molecule has 0 saturated heterocycles. The van der Waals surface area contributed by atoms with Crippen LogP contribution >= 0.6 is 11.6 Å². The van der Waals surface area contributed by atoms with Gasteiger partial charge in [-0.15, -0.1) is 0 Å².